The molecule has 1 aromatic heterocycles. The Bertz CT molecular complexity index is 1570. The highest BCUT2D eigenvalue weighted by molar-refractivity contribution is 6.03. The number of amides is 1. The van der Waals surface area contributed by atoms with Gasteiger partial charge in [-0.15, -0.1) is 0 Å². The Morgan fingerprint density at radius 2 is 1.41 bits per heavy atom. The van der Waals surface area contributed by atoms with Crippen molar-refractivity contribution in [3.63, 3.8) is 0 Å². The molecule has 0 saturated heterocycles. The number of H-pyrrole nitrogens is 1. The van der Waals surface area contributed by atoms with Gasteiger partial charge >= 0.3 is 5.97 Å². The smallest absolute Gasteiger partial charge is 0.335 e. The number of carboxylic acids is 1. The minimum atomic E-state index is -1.03. The lowest BCUT2D eigenvalue weighted by molar-refractivity contribution is 0.0696. The first-order valence-electron chi connectivity index (χ1n) is 12.2. The second-order valence-electron chi connectivity index (χ2n) is 8.71. The van der Waals surface area contributed by atoms with Gasteiger partial charge in [-0.1, -0.05) is 60.7 Å². The lowest BCUT2D eigenvalue weighted by atomic mass is 10.1. The van der Waals surface area contributed by atoms with Crippen LogP contribution >= 0.6 is 0 Å². The normalized spacial score (nSPS) is 10.6. The van der Waals surface area contributed by atoms with Crippen molar-refractivity contribution in [1.82, 2.24) is 10.2 Å². The maximum Gasteiger partial charge on any atom is 0.335 e. The summed E-state index contributed by atoms with van der Waals surface area (Å²) in [5.74, 6) is -0.240. The average Bonchev–Trinajstić information content (AvgIpc) is 3.47. The van der Waals surface area contributed by atoms with Gasteiger partial charge in [0.2, 0.25) is 0 Å². The molecular weight excluding hydrogens is 494 g/mol. The fraction of sp³-hybridized carbons (Fsp3) is 0.0645. The first-order valence-corrected chi connectivity index (χ1v) is 12.2. The molecule has 5 rings (SSSR count). The van der Waals surface area contributed by atoms with E-state index < -0.39 is 11.9 Å². The van der Waals surface area contributed by atoms with E-state index in [0.29, 0.717) is 41.7 Å². The molecule has 0 spiro atoms. The number of hydrogen-bond acceptors (Lipinski definition) is 5. The number of aromatic carboxylic acids is 1. The van der Waals surface area contributed by atoms with Crippen LogP contribution in [0.2, 0.25) is 0 Å². The van der Waals surface area contributed by atoms with Crippen molar-refractivity contribution in [2.45, 2.75) is 13.2 Å². The first kappa shape index (κ1) is 25.3. The lowest BCUT2D eigenvalue weighted by Gasteiger charge is -2.13. The molecule has 0 aliphatic rings. The summed E-state index contributed by atoms with van der Waals surface area (Å²) in [6, 6.07) is 32.8. The second kappa shape index (κ2) is 11.8. The predicted molar refractivity (Wildman–Crippen MR) is 147 cm³/mol. The standard InChI is InChI=1S/C31H25N3O5/c35-30(32-24-13-11-23(12-14-24)31(36)37)28-18-27(33-34-28)26-16-15-25(38-19-21-7-3-1-4-8-21)17-29(26)39-20-22-9-5-2-6-10-22/h1-18H,19-20H2,(H,32,35)(H,33,34)(H,36,37). The van der Waals surface area contributed by atoms with Gasteiger partial charge in [-0.2, -0.15) is 5.10 Å². The molecular formula is C31H25N3O5. The fourth-order valence-electron chi connectivity index (χ4n) is 3.87. The Morgan fingerprint density at radius 1 is 0.769 bits per heavy atom. The zero-order valence-electron chi connectivity index (χ0n) is 20.8. The maximum atomic E-state index is 12.8. The van der Waals surface area contributed by atoms with E-state index in [1.54, 1.807) is 6.07 Å². The number of carbonyl (C=O) groups excluding carboxylic acids is 1. The number of carbonyl (C=O) groups is 2. The van der Waals surface area contributed by atoms with E-state index in [0.717, 1.165) is 11.1 Å². The third kappa shape index (κ3) is 6.50. The SMILES string of the molecule is O=C(O)c1ccc(NC(=O)c2cc(-c3ccc(OCc4ccccc4)cc3OCc3ccccc3)n[nH]2)cc1. The molecule has 39 heavy (non-hydrogen) atoms. The predicted octanol–water partition coefficient (Wildman–Crippen LogP) is 6.19. The fourth-order valence-corrected chi connectivity index (χ4v) is 3.87. The summed E-state index contributed by atoms with van der Waals surface area (Å²) >= 11 is 0. The Labute approximate surface area is 224 Å². The van der Waals surface area contributed by atoms with Gasteiger partial charge in [0, 0.05) is 17.3 Å². The summed E-state index contributed by atoms with van der Waals surface area (Å²) in [4.78, 5) is 23.8. The van der Waals surface area contributed by atoms with Crippen LogP contribution in [0.3, 0.4) is 0 Å². The molecule has 0 aliphatic carbocycles. The Kier molecular flexibility index (Phi) is 7.64. The van der Waals surface area contributed by atoms with Gasteiger partial charge in [-0.25, -0.2) is 4.79 Å². The van der Waals surface area contributed by atoms with Crippen molar-refractivity contribution in [3.05, 3.63) is 132 Å². The van der Waals surface area contributed by atoms with Crippen LogP contribution in [0, 0.1) is 0 Å². The van der Waals surface area contributed by atoms with Gasteiger partial charge in [-0.05, 0) is 53.6 Å². The maximum absolute atomic E-state index is 12.8. The van der Waals surface area contributed by atoms with Crippen molar-refractivity contribution < 1.29 is 24.2 Å². The number of nitrogens with one attached hydrogen (secondary N) is 2. The highest BCUT2D eigenvalue weighted by atomic mass is 16.5. The molecule has 194 valence electrons. The minimum absolute atomic E-state index is 0.135. The quantitative estimate of drug-likeness (QED) is 0.203. The van der Waals surface area contributed by atoms with Crippen LogP contribution in [0.25, 0.3) is 11.3 Å². The van der Waals surface area contributed by atoms with Crippen LogP contribution in [-0.2, 0) is 13.2 Å². The first-order chi connectivity index (χ1) is 19.0. The zero-order valence-corrected chi connectivity index (χ0v) is 20.8. The monoisotopic (exact) mass is 519 g/mol. The van der Waals surface area contributed by atoms with Crippen LogP contribution in [0.15, 0.2) is 109 Å². The molecule has 0 radical (unpaired) electrons. The lowest BCUT2D eigenvalue weighted by Crippen LogP contribution is -2.12. The van der Waals surface area contributed by atoms with Gasteiger partial charge < -0.3 is 19.9 Å². The number of carboxylic acid groups (broad SMARTS) is 1. The molecule has 1 amide bonds. The number of anilines is 1. The Morgan fingerprint density at radius 3 is 2.05 bits per heavy atom. The molecule has 0 fully saturated rings. The van der Waals surface area contributed by atoms with E-state index in [1.165, 1.54) is 24.3 Å². The van der Waals surface area contributed by atoms with Gasteiger partial charge in [0.05, 0.1) is 11.3 Å². The summed E-state index contributed by atoms with van der Waals surface area (Å²) in [6.45, 7) is 0.762. The third-order valence-corrected chi connectivity index (χ3v) is 5.93. The largest absolute Gasteiger partial charge is 0.489 e. The minimum Gasteiger partial charge on any atom is -0.489 e. The van der Waals surface area contributed by atoms with E-state index in [2.05, 4.69) is 15.5 Å². The van der Waals surface area contributed by atoms with E-state index in [4.69, 9.17) is 14.6 Å². The van der Waals surface area contributed by atoms with Gasteiger partial charge in [0.15, 0.2) is 0 Å². The van der Waals surface area contributed by atoms with Crippen molar-refractivity contribution in [3.8, 4) is 22.8 Å². The van der Waals surface area contributed by atoms with Crippen LogP contribution < -0.4 is 14.8 Å². The van der Waals surface area contributed by atoms with Crippen molar-refractivity contribution in [2.75, 3.05) is 5.32 Å². The molecule has 0 atom stereocenters. The third-order valence-electron chi connectivity index (χ3n) is 5.93. The van der Waals surface area contributed by atoms with E-state index >= 15 is 0 Å². The number of nitrogens with zero attached hydrogens (tertiary/aromatic N) is 1. The number of ether oxygens (including phenoxy) is 2. The topological polar surface area (TPSA) is 114 Å². The number of rotatable bonds is 10. The van der Waals surface area contributed by atoms with Gasteiger partial charge in [0.25, 0.3) is 5.91 Å². The summed E-state index contributed by atoms with van der Waals surface area (Å²) in [5.41, 5.74) is 4.12. The van der Waals surface area contributed by atoms with Gasteiger partial charge in [-0.3, -0.25) is 9.89 Å². The highest BCUT2D eigenvalue weighted by Crippen LogP contribution is 2.34. The molecule has 1 heterocycles. The summed E-state index contributed by atoms with van der Waals surface area (Å²) in [6.07, 6.45) is 0. The molecule has 3 N–H and O–H groups in total. The zero-order chi connectivity index (χ0) is 27.0. The molecule has 4 aromatic carbocycles. The second-order valence-corrected chi connectivity index (χ2v) is 8.71. The highest BCUT2D eigenvalue weighted by Gasteiger charge is 2.16. The molecule has 0 unspecified atom stereocenters. The Balaban J connectivity index is 1.35. The van der Waals surface area contributed by atoms with Crippen LogP contribution in [-0.4, -0.2) is 27.2 Å². The Hall–Kier alpha value is -5.37. The molecule has 5 aromatic rings. The summed E-state index contributed by atoms with van der Waals surface area (Å²) < 4.78 is 12.2. The van der Waals surface area contributed by atoms with Crippen LogP contribution in [0.4, 0.5) is 5.69 Å². The molecule has 0 saturated carbocycles. The number of benzene rings is 4. The molecule has 0 aliphatic heterocycles. The van der Waals surface area contributed by atoms with Crippen LogP contribution in [0.5, 0.6) is 11.5 Å². The van der Waals surface area contributed by atoms with Gasteiger partial charge in [0.1, 0.15) is 30.4 Å². The average molecular weight is 520 g/mol. The van der Waals surface area contributed by atoms with E-state index in [9.17, 15) is 9.59 Å². The molecule has 8 nitrogen and oxygen atoms in total. The van der Waals surface area contributed by atoms with E-state index in [-0.39, 0.29) is 11.3 Å². The van der Waals surface area contributed by atoms with E-state index in [1.807, 2.05) is 78.9 Å². The summed E-state index contributed by atoms with van der Waals surface area (Å²) in [5, 5.41) is 18.9. The van der Waals surface area contributed by atoms with Crippen LogP contribution in [0.1, 0.15) is 32.0 Å². The van der Waals surface area contributed by atoms with Crippen molar-refractivity contribution >= 4 is 17.6 Å². The number of aromatic amines is 1. The summed E-state index contributed by atoms with van der Waals surface area (Å²) in [7, 11) is 0. The number of aromatic nitrogens is 2. The molecule has 0 bridgehead atoms. The van der Waals surface area contributed by atoms with Crippen molar-refractivity contribution in [2.24, 2.45) is 0 Å². The molecule has 8 heteroatoms. The number of hydrogen-bond donors (Lipinski definition) is 3. The van der Waals surface area contributed by atoms with Crippen molar-refractivity contribution in [1.29, 1.82) is 0 Å².